The van der Waals surface area contributed by atoms with Crippen LogP contribution in [0.25, 0.3) is 11.3 Å². The van der Waals surface area contributed by atoms with Crippen LogP contribution in [0.1, 0.15) is 5.56 Å². The van der Waals surface area contributed by atoms with Gasteiger partial charge in [0.05, 0.1) is 10.7 Å². The maximum atomic E-state index is 13.2. The highest BCUT2D eigenvalue weighted by Crippen LogP contribution is 2.32. The molecule has 2 nitrogen and oxygen atoms in total. The zero-order valence-electron chi connectivity index (χ0n) is 8.76. The Labute approximate surface area is 102 Å². The van der Waals surface area contributed by atoms with E-state index < -0.39 is 0 Å². The number of rotatable bonds is 3. The molecule has 0 bridgehead atoms. The Hall–Kier alpha value is -1.13. The first-order chi connectivity index (χ1) is 7.72. The zero-order chi connectivity index (χ0) is 11.5. The summed E-state index contributed by atoms with van der Waals surface area (Å²) in [5, 5.41) is 3.05. The van der Waals surface area contributed by atoms with Crippen LogP contribution in [0.3, 0.4) is 0 Å². The van der Waals surface area contributed by atoms with Gasteiger partial charge in [-0.1, -0.05) is 6.07 Å². The summed E-state index contributed by atoms with van der Waals surface area (Å²) in [6.45, 7) is 0.669. The van der Waals surface area contributed by atoms with Crippen LogP contribution in [0.4, 0.5) is 4.39 Å². The summed E-state index contributed by atoms with van der Waals surface area (Å²) in [5.74, 6) is 0.392. The second-order valence-corrected chi connectivity index (χ2v) is 4.28. The van der Waals surface area contributed by atoms with Crippen LogP contribution in [-0.4, -0.2) is 7.05 Å². The average Bonchev–Trinajstić information content (AvgIpc) is 2.67. The van der Waals surface area contributed by atoms with Gasteiger partial charge < -0.3 is 9.73 Å². The molecule has 1 heterocycles. The Bertz CT molecular complexity index is 496. The predicted octanol–water partition coefficient (Wildman–Crippen LogP) is 3.57. The molecule has 0 saturated carbocycles. The summed E-state index contributed by atoms with van der Waals surface area (Å²) in [4.78, 5) is 0. The minimum atomic E-state index is -0.266. The maximum Gasteiger partial charge on any atom is 0.148 e. The fraction of sp³-hybridized carbons (Fsp3) is 0.167. The van der Waals surface area contributed by atoms with E-state index in [2.05, 4.69) is 21.2 Å². The van der Waals surface area contributed by atoms with Crippen molar-refractivity contribution < 1.29 is 8.81 Å². The van der Waals surface area contributed by atoms with Gasteiger partial charge in [-0.25, -0.2) is 4.39 Å². The van der Waals surface area contributed by atoms with Crippen molar-refractivity contribution in [3.05, 3.63) is 46.4 Å². The topological polar surface area (TPSA) is 25.2 Å². The highest BCUT2D eigenvalue weighted by atomic mass is 79.9. The van der Waals surface area contributed by atoms with Crippen LogP contribution in [0, 0.1) is 5.82 Å². The molecular weight excluding hydrogens is 273 g/mol. The minimum absolute atomic E-state index is 0.266. The van der Waals surface area contributed by atoms with E-state index in [0.29, 0.717) is 12.3 Å². The Balaban J connectivity index is 2.53. The lowest BCUT2D eigenvalue weighted by Crippen LogP contribution is -2.06. The van der Waals surface area contributed by atoms with Gasteiger partial charge in [0.15, 0.2) is 0 Å². The molecule has 2 rings (SSSR count). The van der Waals surface area contributed by atoms with E-state index >= 15 is 0 Å². The molecule has 0 unspecified atom stereocenters. The van der Waals surface area contributed by atoms with Gasteiger partial charge in [-0.2, -0.15) is 0 Å². The highest BCUT2D eigenvalue weighted by Gasteiger charge is 2.12. The molecule has 84 valence electrons. The van der Waals surface area contributed by atoms with Gasteiger partial charge in [0.1, 0.15) is 11.6 Å². The van der Waals surface area contributed by atoms with Gasteiger partial charge >= 0.3 is 0 Å². The highest BCUT2D eigenvalue weighted by molar-refractivity contribution is 9.10. The van der Waals surface area contributed by atoms with Gasteiger partial charge in [0.25, 0.3) is 0 Å². The quantitative estimate of drug-likeness (QED) is 0.932. The molecule has 1 aromatic carbocycles. The second kappa shape index (κ2) is 4.80. The summed E-state index contributed by atoms with van der Waals surface area (Å²) in [7, 11) is 1.85. The van der Waals surface area contributed by atoms with E-state index in [-0.39, 0.29) is 5.82 Å². The predicted molar refractivity (Wildman–Crippen MR) is 64.6 cm³/mol. The van der Waals surface area contributed by atoms with Crippen LogP contribution >= 0.6 is 15.9 Å². The van der Waals surface area contributed by atoms with Crippen molar-refractivity contribution in [2.24, 2.45) is 0 Å². The molecule has 0 radical (unpaired) electrons. The summed E-state index contributed by atoms with van der Waals surface area (Å²) in [5.41, 5.74) is 1.77. The van der Waals surface area contributed by atoms with Crippen molar-refractivity contribution in [2.45, 2.75) is 6.54 Å². The molecule has 0 fully saturated rings. The zero-order valence-corrected chi connectivity index (χ0v) is 10.3. The molecule has 1 aromatic heterocycles. The molecular formula is C12H11BrFNO. The Kier molecular flexibility index (Phi) is 3.41. The van der Waals surface area contributed by atoms with Crippen molar-refractivity contribution in [1.82, 2.24) is 5.32 Å². The van der Waals surface area contributed by atoms with Gasteiger partial charge in [-0.05, 0) is 46.7 Å². The number of hydrogen-bond acceptors (Lipinski definition) is 2. The number of hydrogen-bond donors (Lipinski definition) is 1. The molecule has 0 aliphatic rings. The second-order valence-electron chi connectivity index (χ2n) is 3.43. The lowest BCUT2D eigenvalue weighted by molar-refractivity contribution is 0.577. The SMILES string of the molecule is CNCc1ccc(F)cc1-c1occc1Br. The smallest absolute Gasteiger partial charge is 0.148 e. The van der Waals surface area contributed by atoms with E-state index in [0.717, 1.165) is 15.6 Å². The van der Waals surface area contributed by atoms with Crippen LogP contribution in [0.2, 0.25) is 0 Å². The molecule has 0 atom stereocenters. The van der Waals surface area contributed by atoms with Crippen LogP contribution in [-0.2, 0) is 6.54 Å². The largest absolute Gasteiger partial charge is 0.463 e. The fourth-order valence-corrected chi connectivity index (χ4v) is 2.01. The molecule has 0 saturated heterocycles. The van der Waals surface area contributed by atoms with Crippen LogP contribution < -0.4 is 5.32 Å². The summed E-state index contributed by atoms with van der Waals surface area (Å²) in [6.07, 6.45) is 1.58. The first-order valence-electron chi connectivity index (χ1n) is 4.88. The number of furan rings is 1. The van der Waals surface area contributed by atoms with Gasteiger partial charge in [-0.3, -0.25) is 0 Å². The molecule has 0 aliphatic carbocycles. The van der Waals surface area contributed by atoms with Crippen LogP contribution in [0.5, 0.6) is 0 Å². The van der Waals surface area contributed by atoms with E-state index in [9.17, 15) is 4.39 Å². The third kappa shape index (κ3) is 2.18. The van der Waals surface area contributed by atoms with Gasteiger partial charge in [-0.15, -0.1) is 0 Å². The summed E-state index contributed by atoms with van der Waals surface area (Å²) in [6, 6.07) is 6.49. The standard InChI is InChI=1S/C12H11BrFNO/c1-15-7-8-2-3-9(14)6-10(8)12-11(13)4-5-16-12/h2-6,15H,7H2,1H3. The Morgan fingerprint density at radius 2 is 2.19 bits per heavy atom. The summed E-state index contributed by atoms with van der Waals surface area (Å²) >= 11 is 3.38. The fourth-order valence-electron chi connectivity index (χ4n) is 1.59. The van der Waals surface area contributed by atoms with E-state index in [1.54, 1.807) is 18.4 Å². The maximum absolute atomic E-state index is 13.2. The number of halogens is 2. The monoisotopic (exact) mass is 283 g/mol. The van der Waals surface area contributed by atoms with Crippen molar-refractivity contribution >= 4 is 15.9 Å². The molecule has 16 heavy (non-hydrogen) atoms. The van der Waals surface area contributed by atoms with Gasteiger partial charge in [0, 0.05) is 12.1 Å². The number of benzene rings is 1. The third-order valence-electron chi connectivity index (χ3n) is 2.30. The lowest BCUT2D eigenvalue weighted by atomic mass is 10.1. The molecule has 2 aromatic rings. The molecule has 0 amide bonds. The van der Waals surface area contributed by atoms with Crippen molar-refractivity contribution in [3.8, 4) is 11.3 Å². The molecule has 1 N–H and O–H groups in total. The Morgan fingerprint density at radius 1 is 1.38 bits per heavy atom. The molecule has 4 heteroatoms. The van der Waals surface area contributed by atoms with Crippen molar-refractivity contribution in [2.75, 3.05) is 7.05 Å². The first kappa shape index (κ1) is 11.4. The average molecular weight is 284 g/mol. The minimum Gasteiger partial charge on any atom is -0.463 e. The lowest BCUT2D eigenvalue weighted by Gasteiger charge is -2.07. The van der Waals surface area contributed by atoms with Crippen LogP contribution in [0.15, 0.2) is 39.4 Å². The van der Waals surface area contributed by atoms with E-state index in [1.807, 2.05) is 7.05 Å². The van der Waals surface area contributed by atoms with Crippen molar-refractivity contribution in [3.63, 3.8) is 0 Å². The van der Waals surface area contributed by atoms with Crippen molar-refractivity contribution in [1.29, 1.82) is 0 Å². The Morgan fingerprint density at radius 3 is 2.81 bits per heavy atom. The number of nitrogens with one attached hydrogen (secondary N) is 1. The molecule has 0 aliphatic heterocycles. The van der Waals surface area contributed by atoms with E-state index in [1.165, 1.54) is 12.1 Å². The molecule has 0 spiro atoms. The van der Waals surface area contributed by atoms with Gasteiger partial charge in [0.2, 0.25) is 0 Å². The summed E-state index contributed by atoms with van der Waals surface area (Å²) < 4.78 is 19.4. The van der Waals surface area contributed by atoms with E-state index in [4.69, 9.17) is 4.42 Å². The normalized spacial score (nSPS) is 10.7. The first-order valence-corrected chi connectivity index (χ1v) is 5.68. The third-order valence-corrected chi connectivity index (χ3v) is 2.93.